The summed E-state index contributed by atoms with van der Waals surface area (Å²) in [6.45, 7) is 0. The van der Waals surface area contributed by atoms with Crippen molar-refractivity contribution in [3.63, 3.8) is 0 Å². The predicted molar refractivity (Wildman–Crippen MR) is 178 cm³/mol. The molecule has 0 aliphatic carbocycles. The van der Waals surface area contributed by atoms with Crippen LogP contribution in [-0.4, -0.2) is 19.5 Å². The van der Waals surface area contributed by atoms with Crippen molar-refractivity contribution in [2.45, 2.75) is 0 Å². The molecule has 0 atom stereocenters. The Kier molecular flexibility index (Phi) is 3.66. The molecule has 0 saturated heterocycles. The second-order valence-corrected chi connectivity index (χ2v) is 10.1. The molecule has 9 aromatic rings. The Bertz CT molecular complexity index is 2970. The zero-order chi connectivity index (χ0) is 37.7. The highest BCUT2D eigenvalue weighted by Gasteiger charge is 2.19. The molecule has 0 unspecified atom stereocenters. The van der Waals surface area contributed by atoms with Crippen LogP contribution in [0.1, 0.15) is 13.7 Å². The maximum atomic E-state index is 8.73. The van der Waals surface area contributed by atoms with Gasteiger partial charge in [0.1, 0.15) is 11.2 Å². The van der Waals surface area contributed by atoms with E-state index in [1.807, 2.05) is 53.1 Å². The van der Waals surface area contributed by atoms with E-state index in [2.05, 4.69) is 0 Å². The standard InChI is InChI=1S/C39H24N4O/c1-3-12-25(13-4-1)28-18-11-21-34-36(28)31-23-22-27(24-35(31)44-34)38-40-37(26-14-5-2-6-15-26)41-39(42-38)43-32-19-9-7-16-29(32)30-17-8-10-20-33(30)43/h1-24H/i1D,2D,3D,4D,5D,6D,12D,13D,14D,15D. The van der Waals surface area contributed by atoms with E-state index in [9.17, 15) is 0 Å². The van der Waals surface area contributed by atoms with Crippen LogP contribution in [-0.2, 0) is 0 Å². The topological polar surface area (TPSA) is 56.7 Å². The average Bonchev–Trinajstić information content (AvgIpc) is 3.74. The fourth-order valence-electron chi connectivity index (χ4n) is 5.76. The van der Waals surface area contributed by atoms with E-state index in [0.29, 0.717) is 33.1 Å². The second kappa shape index (κ2) is 9.75. The minimum atomic E-state index is -0.538. The number of furan rings is 1. The van der Waals surface area contributed by atoms with E-state index >= 15 is 0 Å². The smallest absolute Gasteiger partial charge is 0.238 e. The van der Waals surface area contributed by atoms with Gasteiger partial charge in [0.05, 0.1) is 24.7 Å². The number of hydrogen-bond acceptors (Lipinski definition) is 4. The number of nitrogens with zero attached hydrogens (tertiary/aromatic N) is 4. The number of para-hydroxylation sites is 2. The first kappa shape index (κ1) is 16.5. The molecule has 0 fully saturated rings. The van der Waals surface area contributed by atoms with Gasteiger partial charge in [-0.1, -0.05) is 115 Å². The molecule has 6 aromatic carbocycles. The third-order valence-electron chi connectivity index (χ3n) is 7.65. The van der Waals surface area contributed by atoms with E-state index < -0.39 is 48.3 Å². The summed E-state index contributed by atoms with van der Waals surface area (Å²) in [5.41, 5.74) is 3.14. The first-order chi connectivity index (χ1) is 26.0. The minimum absolute atomic E-state index is 0.0509. The van der Waals surface area contributed by atoms with Crippen LogP contribution < -0.4 is 0 Å². The van der Waals surface area contributed by atoms with Crippen LogP contribution in [0.5, 0.6) is 0 Å². The Balaban J connectivity index is 1.31. The first-order valence-corrected chi connectivity index (χ1v) is 13.8. The lowest BCUT2D eigenvalue weighted by molar-refractivity contribution is 0.669. The highest BCUT2D eigenvalue weighted by atomic mass is 16.3. The van der Waals surface area contributed by atoms with Crippen LogP contribution in [0, 0.1) is 0 Å². The van der Waals surface area contributed by atoms with Crippen LogP contribution in [0.15, 0.2) is 150 Å². The predicted octanol–water partition coefficient (Wildman–Crippen LogP) is 9.87. The molecule has 0 saturated carbocycles. The van der Waals surface area contributed by atoms with Gasteiger partial charge in [-0.25, -0.2) is 4.98 Å². The fourth-order valence-corrected chi connectivity index (χ4v) is 5.76. The molecule has 0 spiro atoms. The number of aromatic nitrogens is 4. The molecule has 0 bridgehead atoms. The monoisotopic (exact) mass is 574 g/mol. The van der Waals surface area contributed by atoms with E-state index in [0.717, 1.165) is 21.8 Å². The van der Waals surface area contributed by atoms with E-state index in [4.69, 9.17) is 33.1 Å². The summed E-state index contributed by atoms with van der Waals surface area (Å²) in [5.74, 6) is 0.172. The highest BCUT2D eigenvalue weighted by Crippen LogP contribution is 2.38. The lowest BCUT2D eigenvalue weighted by Crippen LogP contribution is -2.06. The molecule has 0 aliphatic rings. The minimum Gasteiger partial charge on any atom is -0.456 e. The van der Waals surface area contributed by atoms with Crippen LogP contribution in [0.3, 0.4) is 0 Å². The van der Waals surface area contributed by atoms with E-state index in [1.54, 1.807) is 36.4 Å². The molecule has 0 radical (unpaired) electrons. The Morgan fingerprint density at radius 2 is 1.16 bits per heavy atom. The molecule has 44 heavy (non-hydrogen) atoms. The van der Waals surface area contributed by atoms with Crippen molar-refractivity contribution in [3.05, 3.63) is 145 Å². The largest absolute Gasteiger partial charge is 0.456 e. The van der Waals surface area contributed by atoms with Gasteiger partial charge in [0.2, 0.25) is 5.95 Å². The number of benzene rings is 6. The molecule has 5 nitrogen and oxygen atoms in total. The summed E-state index contributed by atoms with van der Waals surface area (Å²) in [6, 6.07) is 21.3. The fraction of sp³-hybridized carbons (Fsp3) is 0. The molecule has 9 rings (SSSR count). The van der Waals surface area contributed by atoms with Crippen molar-refractivity contribution < 1.29 is 18.1 Å². The first-order valence-electron chi connectivity index (χ1n) is 18.8. The number of rotatable bonds is 4. The van der Waals surface area contributed by atoms with Crippen LogP contribution >= 0.6 is 0 Å². The zero-order valence-electron chi connectivity index (χ0n) is 32.8. The molecule has 206 valence electrons. The van der Waals surface area contributed by atoms with Gasteiger partial charge in [-0.2, -0.15) is 9.97 Å². The van der Waals surface area contributed by atoms with Crippen molar-refractivity contribution in [2.24, 2.45) is 0 Å². The number of fused-ring (bicyclic) bond motifs is 6. The Morgan fingerprint density at radius 3 is 1.86 bits per heavy atom. The molecular weight excluding hydrogens is 540 g/mol. The van der Waals surface area contributed by atoms with Crippen molar-refractivity contribution in [1.82, 2.24) is 19.5 Å². The quantitative estimate of drug-likeness (QED) is 0.210. The van der Waals surface area contributed by atoms with Crippen molar-refractivity contribution in [3.8, 4) is 39.9 Å². The third-order valence-corrected chi connectivity index (χ3v) is 7.65. The van der Waals surface area contributed by atoms with Crippen molar-refractivity contribution in [2.75, 3.05) is 0 Å². The van der Waals surface area contributed by atoms with Crippen molar-refractivity contribution in [1.29, 1.82) is 0 Å². The average molecular weight is 575 g/mol. The van der Waals surface area contributed by atoms with Crippen LogP contribution in [0.25, 0.3) is 83.6 Å². The zero-order valence-corrected chi connectivity index (χ0v) is 22.8. The van der Waals surface area contributed by atoms with E-state index in [-0.39, 0.29) is 40.8 Å². The summed E-state index contributed by atoms with van der Waals surface area (Å²) >= 11 is 0. The SMILES string of the molecule is [2H]c1c([2H])c([2H])c(-c2nc(-c3ccc4c(c3)oc3cccc(-c5c([2H])c([2H])c([2H])c([2H])c5[2H])c34)nc(-n3c4ccccc4c4ccccc43)n2)c([2H])c1[2H]. The molecule has 0 N–H and O–H groups in total. The molecule has 3 heterocycles. The van der Waals surface area contributed by atoms with Gasteiger partial charge in [0.25, 0.3) is 0 Å². The summed E-state index contributed by atoms with van der Waals surface area (Å²) < 4.78 is 92.2. The van der Waals surface area contributed by atoms with Gasteiger partial charge >= 0.3 is 0 Å². The molecule has 3 aromatic heterocycles. The van der Waals surface area contributed by atoms with Crippen molar-refractivity contribution >= 4 is 43.7 Å². The van der Waals surface area contributed by atoms with Gasteiger partial charge in [0.15, 0.2) is 11.6 Å². The van der Waals surface area contributed by atoms with Gasteiger partial charge in [-0.05, 0) is 41.5 Å². The molecular formula is C39H24N4O. The van der Waals surface area contributed by atoms with E-state index in [1.165, 1.54) is 0 Å². The summed E-state index contributed by atoms with van der Waals surface area (Å²) in [5, 5.41) is 3.05. The molecule has 0 amide bonds. The van der Waals surface area contributed by atoms with Gasteiger partial charge in [0, 0.05) is 32.7 Å². The highest BCUT2D eigenvalue weighted by molar-refractivity contribution is 6.13. The lowest BCUT2D eigenvalue weighted by atomic mass is 9.99. The molecule has 5 heteroatoms. The number of hydrogen-bond donors (Lipinski definition) is 0. The van der Waals surface area contributed by atoms with Gasteiger partial charge in [-0.3, -0.25) is 4.57 Å². The summed E-state index contributed by atoms with van der Waals surface area (Å²) in [6.07, 6.45) is 0. The Labute approximate surface area is 266 Å². The third kappa shape index (κ3) is 3.83. The normalized spacial score (nSPS) is 14.8. The maximum absolute atomic E-state index is 8.73. The summed E-state index contributed by atoms with van der Waals surface area (Å²) in [4.78, 5) is 14.4. The second-order valence-electron chi connectivity index (χ2n) is 10.1. The van der Waals surface area contributed by atoms with Crippen LogP contribution in [0.4, 0.5) is 0 Å². The van der Waals surface area contributed by atoms with Gasteiger partial charge < -0.3 is 4.42 Å². The lowest BCUT2D eigenvalue weighted by Gasteiger charge is -2.11. The van der Waals surface area contributed by atoms with Crippen LogP contribution in [0.2, 0.25) is 0 Å². The Hall–Kier alpha value is -6.07. The Morgan fingerprint density at radius 1 is 0.523 bits per heavy atom. The van der Waals surface area contributed by atoms with Gasteiger partial charge in [-0.15, -0.1) is 0 Å². The summed E-state index contributed by atoms with van der Waals surface area (Å²) in [7, 11) is 0. The molecule has 0 aliphatic heterocycles. The maximum Gasteiger partial charge on any atom is 0.238 e.